The first-order valence-electron chi connectivity index (χ1n) is 8.43. The van der Waals surface area contributed by atoms with Crippen molar-refractivity contribution in [3.8, 4) is 0 Å². The van der Waals surface area contributed by atoms with Crippen molar-refractivity contribution < 1.29 is 4.42 Å². The van der Waals surface area contributed by atoms with E-state index in [1.165, 1.54) is 32.5 Å². The second kappa shape index (κ2) is 8.57. The van der Waals surface area contributed by atoms with Crippen molar-refractivity contribution in [1.29, 1.82) is 0 Å². The molecule has 0 aromatic carbocycles. The molecule has 1 aromatic heterocycles. The highest BCUT2D eigenvalue weighted by molar-refractivity contribution is 5.07. The van der Waals surface area contributed by atoms with E-state index in [-0.39, 0.29) is 0 Å². The number of piperidine rings is 1. The topological polar surface area (TPSA) is 31.6 Å². The number of rotatable bonds is 8. The summed E-state index contributed by atoms with van der Waals surface area (Å²) in [7, 11) is 2.23. The summed E-state index contributed by atoms with van der Waals surface area (Å²) in [5.74, 6) is 2.14. The zero-order chi connectivity index (χ0) is 15.1. The van der Waals surface area contributed by atoms with Crippen LogP contribution in [0.4, 0.5) is 0 Å². The third kappa shape index (κ3) is 5.13. The summed E-state index contributed by atoms with van der Waals surface area (Å²) in [6, 6.07) is 4.92. The van der Waals surface area contributed by atoms with E-state index in [9.17, 15) is 0 Å². The average molecular weight is 293 g/mol. The number of furan rings is 1. The normalized spacial score (nSPS) is 17.7. The zero-order valence-corrected chi connectivity index (χ0v) is 13.9. The van der Waals surface area contributed by atoms with Gasteiger partial charge in [-0.2, -0.15) is 0 Å². The van der Waals surface area contributed by atoms with Gasteiger partial charge in [-0.15, -0.1) is 0 Å². The highest BCUT2D eigenvalue weighted by Crippen LogP contribution is 2.18. The quantitative estimate of drug-likeness (QED) is 0.747. The predicted molar refractivity (Wildman–Crippen MR) is 87.3 cm³/mol. The van der Waals surface area contributed by atoms with Gasteiger partial charge < -0.3 is 14.6 Å². The minimum atomic E-state index is 0.694. The molecule has 0 radical (unpaired) electrons. The Kier molecular flexibility index (Phi) is 6.74. The fourth-order valence-electron chi connectivity index (χ4n) is 3.04. The molecule has 0 aliphatic carbocycles. The number of hydrogen-bond acceptors (Lipinski definition) is 4. The van der Waals surface area contributed by atoms with Crippen LogP contribution < -0.4 is 5.32 Å². The average Bonchev–Trinajstić information content (AvgIpc) is 2.95. The lowest BCUT2D eigenvalue weighted by Gasteiger charge is -2.35. The van der Waals surface area contributed by atoms with Crippen LogP contribution in [0.3, 0.4) is 0 Å². The van der Waals surface area contributed by atoms with Gasteiger partial charge in [0.25, 0.3) is 0 Å². The lowest BCUT2D eigenvalue weighted by Crippen LogP contribution is -2.42. The van der Waals surface area contributed by atoms with E-state index in [1.54, 1.807) is 0 Å². The van der Waals surface area contributed by atoms with E-state index in [1.807, 2.05) is 0 Å². The SMILES string of the molecule is CCCNCc1ccc(CN(C)C2CCN(CC)CC2)o1. The zero-order valence-electron chi connectivity index (χ0n) is 13.9. The Bertz CT molecular complexity index is 396. The van der Waals surface area contributed by atoms with Gasteiger partial charge in [-0.25, -0.2) is 0 Å². The first-order chi connectivity index (χ1) is 10.2. The molecule has 1 saturated heterocycles. The number of nitrogens with one attached hydrogen (secondary N) is 1. The largest absolute Gasteiger partial charge is 0.463 e. The Morgan fingerprint density at radius 1 is 1.24 bits per heavy atom. The van der Waals surface area contributed by atoms with Gasteiger partial charge in [-0.3, -0.25) is 4.90 Å². The van der Waals surface area contributed by atoms with Gasteiger partial charge in [0.05, 0.1) is 13.1 Å². The predicted octanol–water partition coefficient (Wildman–Crippen LogP) is 2.70. The van der Waals surface area contributed by atoms with Crippen LogP contribution in [-0.2, 0) is 13.1 Å². The van der Waals surface area contributed by atoms with Gasteiger partial charge in [0.2, 0.25) is 0 Å². The second-order valence-corrected chi connectivity index (χ2v) is 6.13. The molecule has 1 fully saturated rings. The Balaban J connectivity index is 1.76. The van der Waals surface area contributed by atoms with Crippen LogP contribution in [0, 0.1) is 0 Å². The van der Waals surface area contributed by atoms with Crippen molar-refractivity contribution in [2.24, 2.45) is 0 Å². The van der Waals surface area contributed by atoms with Crippen LogP contribution in [-0.4, -0.2) is 49.1 Å². The molecule has 0 amide bonds. The second-order valence-electron chi connectivity index (χ2n) is 6.13. The molecule has 4 nitrogen and oxygen atoms in total. The van der Waals surface area contributed by atoms with E-state index in [0.717, 1.165) is 37.6 Å². The van der Waals surface area contributed by atoms with Gasteiger partial charge in [-0.1, -0.05) is 13.8 Å². The number of likely N-dealkylation sites (tertiary alicyclic amines) is 1. The summed E-state index contributed by atoms with van der Waals surface area (Å²) in [6.07, 6.45) is 3.71. The van der Waals surface area contributed by atoms with Gasteiger partial charge in [-0.05, 0) is 64.6 Å². The fourth-order valence-corrected chi connectivity index (χ4v) is 3.04. The third-order valence-electron chi connectivity index (χ3n) is 4.48. The van der Waals surface area contributed by atoms with E-state index >= 15 is 0 Å². The van der Waals surface area contributed by atoms with Crippen LogP contribution in [0.25, 0.3) is 0 Å². The van der Waals surface area contributed by atoms with Gasteiger partial charge in [0.1, 0.15) is 11.5 Å². The summed E-state index contributed by atoms with van der Waals surface area (Å²) >= 11 is 0. The Morgan fingerprint density at radius 3 is 2.62 bits per heavy atom. The maximum Gasteiger partial charge on any atom is 0.118 e. The first-order valence-corrected chi connectivity index (χ1v) is 8.43. The van der Waals surface area contributed by atoms with Crippen LogP contribution in [0.2, 0.25) is 0 Å². The molecule has 0 atom stereocenters. The Morgan fingerprint density at radius 2 is 1.95 bits per heavy atom. The maximum absolute atomic E-state index is 5.92. The molecular formula is C17H31N3O. The summed E-state index contributed by atoms with van der Waals surface area (Å²) in [5.41, 5.74) is 0. The first kappa shape index (κ1) is 16.5. The van der Waals surface area contributed by atoms with Crippen molar-refractivity contribution in [1.82, 2.24) is 15.1 Å². The molecule has 0 saturated carbocycles. The fraction of sp³-hybridized carbons (Fsp3) is 0.765. The van der Waals surface area contributed by atoms with E-state index in [0.29, 0.717) is 6.04 Å². The van der Waals surface area contributed by atoms with Crippen molar-refractivity contribution in [2.45, 2.75) is 52.2 Å². The van der Waals surface area contributed by atoms with Crippen molar-refractivity contribution in [3.63, 3.8) is 0 Å². The Hall–Kier alpha value is -0.840. The molecule has 120 valence electrons. The molecule has 1 aliphatic rings. The van der Waals surface area contributed by atoms with Crippen molar-refractivity contribution in [3.05, 3.63) is 23.7 Å². The lowest BCUT2D eigenvalue weighted by molar-refractivity contribution is 0.121. The van der Waals surface area contributed by atoms with E-state index < -0.39 is 0 Å². The molecule has 0 bridgehead atoms. The molecule has 1 aromatic rings. The summed E-state index contributed by atoms with van der Waals surface area (Å²) in [5, 5.41) is 3.38. The van der Waals surface area contributed by atoms with E-state index in [4.69, 9.17) is 4.42 Å². The summed E-state index contributed by atoms with van der Waals surface area (Å²) in [6.45, 7) is 10.9. The molecule has 21 heavy (non-hydrogen) atoms. The minimum Gasteiger partial charge on any atom is -0.463 e. The van der Waals surface area contributed by atoms with Crippen LogP contribution in [0.5, 0.6) is 0 Å². The van der Waals surface area contributed by atoms with Gasteiger partial charge in [0, 0.05) is 6.04 Å². The van der Waals surface area contributed by atoms with Crippen LogP contribution in [0.15, 0.2) is 16.5 Å². The standard InChI is InChI=1S/C17H31N3O/c1-4-10-18-13-16-6-7-17(21-16)14-19(3)15-8-11-20(5-2)12-9-15/h6-7,15,18H,4-5,8-14H2,1-3H3. The van der Waals surface area contributed by atoms with Crippen LogP contribution in [0.1, 0.15) is 44.6 Å². The van der Waals surface area contributed by atoms with E-state index in [2.05, 4.69) is 48.1 Å². The summed E-state index contributed by atoms with van der Waals surface area (Å²) in [4.78, 5) is 4.99. The monoisotopic (exact) mass is 293 g/mol. The molecule has 2 rings (SSSR count). The lowest BCUT2D eigenvalue weighted by atomic mass is 10.0. The molecule has 2 heterocycles. The highest BCUT2D eigenvalue weighted by atomic mass is 16.3. The Labute approximate surface area is 129 Å². The van der Waals surface area contributed by atoms with Gasteiger partial charge >= 0.3 is 0 Å². The number of nitrogens with zero attached hydrogens (tertiary/aromatic N) is 2. The highest BCUT2D eigenvalue weighted by Gasteiger charge is 2.22. The van der Waals surface area contributed by atoms with Gasteiger partial charge in [0.15, 0.2) is 0 Å². The molecule has 0 spiro atoms. The molecule has 0 unspecified atom stereocenters. The molecular weight excluding hydrogens is 262 g/mol. The van der Waals surface area contributed by atoms with Crippen LogP contribution >= 0.6 is 0 Å². The third-order valence-corrected chi connectivity index (χ3v) is 4.48. The minimum absolute atomic E-state index is 0.694. The molecule has 1 aliphatic heterocycles. The summed E-state index contributed by atoms with van der Waals surface area (Å²) < 4.78 is 5.92. The maximum atomic E-state index is 5.92. The molecule has 1 N–H and O–H groups in total. The molecule has 4 heteroatoms. The number of hydrogen-bond donors (Lipinski definition) is 1. The smallest absolute Gasteiger partial charge is 0.118 e. The van der Waals surface area contributed by atoms with Crippen molar-refractivity contribution >= 4 is 0 Å². The van der Waals surface area contributed by atoms with Crippen molar-refractivity contribution in [2.75, 3.05) is 33.2 Å².